The van der Waals surface area contributed by atoms with Crippen molar-refractivity contribution in [2.75, 3.05) is 19.3 Å². The van der Waals surface area contributed by atoms with Crippen LogP contribution in [0.25, 0.3) is 11.3 Å². The van der Waals surface area contributed by atoms with Crippen LogP contribution in [0.1, 0.15) is 5.56 Å². The number of ether oxygens (including phenoxy) is 3. The molecule has 0 atom stereocenters. The molecule has 0 saturated carbocycles. The first kappa shape index (κ1) is 18.2. The summed E-state index contributed by atoms with van der Waals surface area (Å²) >= 11 is 1.50. The van der Waals surface area contributed by atoms with Gasteiger partial charge in [0.1, 0.15) is 5.75 Å². The van der Waals surface area contributed by atoms with Gasteiger partial charge in [-0.05, 0) is 48.0 Å². The Labute approximate surface area is 165 Å². The van der Waals surface area contributed by atoms with E-state index in [4.69, 9.17) is 14.2 Å². The largest absolute Gasteiger partial charge is 0.497 e. The molecule has 3 aromatic rings. The normalized spacial score (nSPS) is 12.0. The van der Waals surface area contributed by atoms with Crippen molar-refractivity contribution in [3.63, 3.8) is 0 Å². The summed E-state index contributed by atoms with van der Waals surface area (Å²) in [5.41, 5.74) is 5.80. The number of benzene rings is 2. The second kappa shape index (κ2) is 8.20. The third-order valence-electron chi connectivity index (χ3n) is 3.66. The number of halogens is 1. The minimum absolute atomic E-state index is 0. The average Bonchev–Trinajstić information content (AvgIpc) is 3.31. The van der Waals surface area contributed by atoms with Crippen LogP contribution in [-0.2, 0) is 0 Å². The molecular formula is C18H16BrN3O3S. The monoisotopic (exact) mass is 433 g/mol. The molecule has 0 amide bonds. The van der Waals surface area contributed by atoms with Gasteiger partial charge in [0.25, 0.3) is 0 Å². The highest BCUT2D eigenvalue weighted by molar-refractivity contribution is 8.93. The fourth-order valence-electron chi connectivity index (χ4n) is 2.37. The predicted molar refractivity (Wildman–Crippen MR) is 108 cm³/mol. The van der Waals surface area contributed by atoms with Crippen LogP contribution in [0.5, 0.6) is 17.2 Å². The van der Waals surface area contributed by atoms with Crippen LogP contribution in [0.2, 0.25) is 0 Å². The van der Waals surface area contributed by atoms with Gasteiger partial charge in [-0.25, -0.2) is 4.98 Å². The Morgan fingerprint density at radius 1 is 1.15 bits per heavy atom. The van der Waals surface area contributed by atoms with Crippen molar-refractivity contribution < 1.29 is 14.2 Å². The first-order valence-electron chi connectivity index (χ1n) is 7.60. The van der Waals surface area contributed by atoms with Gasteiger partial charge in [-0.1, -0.05) is 0 Å². The van der Waals surface area contributed by atoms with E-state index in [1.807, 2.05) is 47.8 Å². The number of methoxy groups -OCH3 is 1. The van der Waals surface area contributed by atoms with Crippen molar-refractivity contribution in [3.05, 3.63) is 53.4 Å². The number of nitrogens with one attached hydrogen (secondary N) is 1. The molecule has 0 radical (unpaired) electrons. The van der Waals surface area contributed by atoms with E-state index >= 15 is 0 Å². The van der Waals surface area contributed by atoms with Crippen LogP contribution < -0.4 is 19.6 Å². The Morgan fingerprint density at radius 3 is 2.77 bits per heavy atom. The first-order valence-corrected chi connectivity index (χ1v) is 8.48. The van der Waals surface area contributed by atoms with Crippen LogP contribution in [0.4, 0.5) is 5.13 Å². The second-order valence-electron chi connectivity index (χ2n) is 5.25. The van der Waals surface area contributed by atoms with E-state index in [1.165, 1.54) is 11.3 Å². The molecule has 2 heterocycles. The summed E-state index contributed by atoms with van der Waals surface area (Å²) in [6.07, 6.45) is 1.72. The average molecular weight is 434 g/mol. The Hall–Kier alpha value is -2.58. The van der Waals surface area contributed by atoms with Crippen LogP contribution in [-0.4, -0.2) is 25.1 Å². The Bertz CT molecular complexity index is 912. The fourth-order valence-corrected chi connectivity index (χ4v) is 3.04. The van der Waals surface area contributed by atoms with Crippen LogP contribution in [0.3, 0.4) is 0 Å². The summed E-state index contributed by atoms with van der Waals surface area (Å²) in [5, 5.41) is 6.94. The third kappa shape index (κ3) is 3.97. The summed E-state index contributed by atoms with van der Waals surface area (Å²) in [5.74, 6) is 2.32. The van der Waals surface area contributed by atoms with E-state index in [0.29, 0.717) is 0 Å². The summed E-state index contributed by atoms with van der Waals surface area (Å²) in [6.45, 7) is 0.265. The minimum atomic E-state index is 0. The van der Waals surface area contributed by atoms with Gasteiger partial charge < -0.3 is 14.2 Å². The van der Waals surface area contributed by atoms with Gasteiger partial charge in [0, 0.05) is 10.9 Å². The molecule has 0 aliphatic carbocycles. The molecule has 0 unspecified atom stereocenters. The number of hydrogen-bond donors (Lipinski definition) is 1. The third-order valence-corrected chi connectivity index (χ3v) is 4.41. The van der Waals surface area contributed by atoms with Gasteiger partial charge >= 0.3 is 0 Å². The highest BCUT2D eigenvalue weighted by Crippen LogP contribution is 2.32. The highest BCUT2D eigenvalue weighted by Gasteiger charge is 2.12. The Kier molecular flexibility index (Phi) is 5.75. The molecule has 0 saturated heterocycles. The zero-order valence-corrected chi connectivity index (χ0v) is 16.4. The molecule has 134 valence electrons. The van der Waals surface area contributed by atoms with Gasteiger partial charge in [0.15, 0.2) is 11.5 Å². The van der Waals surface area contributed by atoms with Crippen molar-refractivity contribution >= 4 is 39.7 Å². The van der Waals surface area contributed by atoms with Crippen molar-refractivity contribution in [3.8, 4) is 28.5 Å². The van der Waals surface area contributed by atoms with Gasteiger partial charge in [0.05, 0.1) is 19.0 Å². The van der Waals surface area contributed by atoms with Crippen LogP contribution in [0.15, 0.2) is 52.9 Å². The molecule has 0 fully saturated rings. The molecule has 0 bridgehead atoms. The van der Waals surface area contributed by atoms with Crippen molar-refractivity contribution in [2.45, 2.75) is 0 Å². The standard InChI is InChI=1S/C18H15N3O3S.BrH/c1-22-14-5-3-13(4-6-14)15-10-25-18(20-15)21-19-9-12-2-7-16-17(8-12)24-11-23-16;/h2-10H,11H2,1H3,(H,20,21);1H/b19-9+;. The lowest BCUT2D eigenvalue weighted by Crippen LogP contribution is -1.93. The van der Waals surface area contributed by atoms with Gasteiger partial charge in [-0.15, -0.1) is 28.3 Å². The predicted octanol–water partition coefficient (Wildman–Crippen LogP) is 4.57. The molecule has 4 rings (SSSR count). The second-order valence-corrected chi connectivity index (χ2v) is 6.11. The zero-order chi connectivity index (χ0) is 17.1. The number of nitrogens with zero attached hydrogens (tertiary/aromatic N) is 2. The highest BCUT2D eigenvalue weighted by atomic mass is 79.9. The number of anilines is 1. The summed E-state index contributed by atoms with van der Waals surface area (Å²) < 4.78 is 15.8. The van der Waals surface area contributed by atoms with Crippen LogP contribution >= 0.6 is 28.3 Å². The number of hydrazone groups is 1. The first-order chi connectivity index (χ1) is 12.3. The zero-order valence-electron chi connectivity index (χ0n) is 13.8. The number of rotatable bonds is 5. The quantitative estimate of drug-likeness (QED) is 0.471. The van der Waals surface area contributed by atoms with E-state index in [1.54, 1.807) is 13.3 Å². The Balaban J connectivity index is 0.00000196. The van der Waals surface area contributed by atoms with E-state index in [2.05, 4.69) is 15.5 Å². The van der Waals surface area contributed by atoms with E-state index in [-0.39, 0.29) is 23.8 Å². The summed E-state index contributed by atoms with van der Waals surface area (Å²) in [6, 6.07) is 13.5. The lowest BCUT2D eigenvalue weighted by molar-refractivity contribution is 0.174. The molecule has 1 N–H and O–H groups in total. The SMILES string of the molecule is Br.COc1ccc(-c2csc(N/N=C/c3ccc4c(c3)OCO4)n2)cc1. The maximum Gasteiger partial charge on any atom is 0.231 e. The molecule has 0 spiro atoms. The van der Waals surface area contributed by atoms with Gasteiger partial charge in [0.2, 0.25) is 11.9 Å². The minimum Gasteiger partial charge on any atom is -0.497 e. The molecule has 6 nitrogen and oxygen atoms in total. The molecule has 2 aromatic carbocycles. The number of hydrogen-bond acceptors (Lipinski definition) is 7. The van der Waals surface area contributed by atoms with Crippen LogP contribution in [0, 0.1) is 0 Å². The maximum absolute atomic E-state index is 5.35. The topological polar surface area (TPSA) is 65.0 Å². The fraction of sp³-hybridized carbons (Fsp3) is 0.111. The van der Waals surface area contributed by atoms with Crippen molar-refractivity contribution in [1.82, 2.24) is 4.98 Å². The van der Waals surface area contributed by atoms with Crippen molar-refractivity contribution in [2.24, 2.45) is 5.10 Å². The molecule has 8 heteroatoms. The molecule has 1 aliphatic rings. The van der Waals surface area contributed by atoms with Gasteiger partial charge in [-0.2, -0.15) is 5.10 Å². The summed E-state index contributed by atoms with van der Waals surface area (Å²) in [7, 11) is 1.65. The number of thiazole rings is 1. The van der Waals surface area contributed by atoms with E-state index in [0.717, 1.165) is 39.2 Å². The van der Waals surface area contributed by atoms with Crippen molar-refractivity contribution in [1.29, 1.82) is 0 Å². The molecule has 1 aliphatic heterocycles. The number of fused-ring (bicyclic) bond motifs is 1. The summed E-state index contributed by atoms with van der Waals surface area (Å²) in [4.78, 5) is 4.53. The molecule has 1 aromatic heterocycles. The smallest absolute Gasteiger partial charge is 0.231 e. The molecular weight excluding hydrogens is 418 g/mol. The van der Waals surface area contributed by atoms with Gasteiger partial charge in [-0.3, -0.25) is 5.43 Å². The Morgan fingerprint density at radius 2 is 1.96 bits per heavy atom. The van der Waals surface area contributed by atoms with E-state index in [9.17, 15) is 0 Å². The lowest BCUT2D eigenvalue weighted by atomic mass is 10.2. The lowest BCUT2D eigenvalue weighted by Gasteiger charge is -2.00. The van der Waals surface area contributed by atoms with E-state index < -0.39 is 0 Å². The molecule has 26 heavy (non-hydrogen) atoms. The maximum atomic E-state index is 5.35. The number of aromatic nitrogens is 1.